The summed E-state index contributed by atoms with van der Waals surface area (Å²) in [6.45, 7) is 8.64. The normalized spacial score (nSPS) is 23.0. The smallest absolute Gasteiger partial charge is 0.307 e. The van der Waals surface area contributed by atoms with Gasteiger partial charge in [-0.25, -0.2) is 0 Å². The Morgan fingerprint density at radius 2 is 2.00 bits per heavy atom. The van der Waals surface area contributed by atoms with Crippen molar-refractivity contribution in [2.24, 2.45) is 5.92 Å². The zero-order valence-corrected chi connectivity index (χ0v) is 12.5. The molecule has 0 saturated carbocycles. The Morgan fingerprint density at radius 1 is 1.35 bits per heavy atom. The lowest BCUT2D eigenvalue weighted by atomic mass is 9.83. The molecule has 0 amide bonds. The van der Waals surface area contributed by atoms with Crippen LogP contribution in [0.15, 0.2) is 12.1 Å². The Kier molecular flexibility index (Phi) is 3.78. The molecule has 2 rings (SSSR count). The van der Waals surface area contributed by atoms with Crippen molar-refractivity contribution in [3.8, 4) is 5.75 Å². The number of aliphatic carboxylic acids is 1. The van der Waals surface area contributed by atoms with E-state index in [9.17, 15) is 9.90 Å². The second-order valence-corrected chi connectivity index (χ2v) is 6.71. The fraction of sp³-hybridized carbons (Fsp3) is 0.562. The van der Waals surface area contributed by atoms with Crippen molar-refractivity contribution < 1.29 is 15.0 Å². The largest absolute Gasteiger partial charge is 0.508 e. The Hall–Kier alpha value is -1.55. The van der Waals surface area contributed by atoms with E-state index >= 15 is 0 Å². The predicted octanol–water partition coefficient (Wildman–Crippen LogP) is 2.73. The Balaban J connectivity index is 2.36. The van der Waals surface area contributed by atoms with Gasteiger partial charge in [-0.3, -0.25) is 4.79 Å². The summed E-state index contributed by atoms with van der Waals surface area (Å²) in [4.78, 5) is 11.1. The fourth-order valence-corrected chi connectivity index (χ4v) is 2.85. The molecule has 2 atom stereocenters. The van der Waals surface area contributed by atoms with Crippen LogP contribution in [0.4, 0.5) is 0 Å². The van der Waals surface area contributed by atoms with E-state index in [0.717, 1.165) is 16.7 Å². The highest BCUT2D eigenvalue weighted by molar-refractivity contribution is 5.71. The van der Waals surface area contributed by atoms with Crippen LogP contribution in [-0.4, -0.2) is 22.7 Å². The van der Waals surface area contributed by atoms with Gasteiger partial charge in [-0.1, -0.05) is 20.8 Å². The van der Waals surface area contributed by atoms with Gasteiger partial charge in [0.2, 0.25) is 0 Å². The number of nitrogens with one attached hydrogen (secondary N) is 1. The number of phenolic OH excluding ortho intramolecular Hbond substituents is 1. The molecule has 1 aliphatic heterocycles. The second kappa shape index (κ2) is 5.09. The minimum Gasteiger partial charge on any atom is -0.508 e. The molecule has 0 bridgehead atoms. The van der Waals surface area contributed by atoms with E-state index in [1.807, 2.05) is 13.0 Å². The van der Waals surface area contributed by atoms with Gasteiger partial charge >= 0.3 is 5.97 Å². The first-order valence-electron chi connectivity index (χ1n) is 7.00. The highest BCUT2D eigenvalue weighted by Crippen LogP contribution is 2.37. The van der Waals surface area contributed by atoms with Gasteiger partial charge in [0, 0.05) is 12.6 Å². The van der Waals surface area contributed by atoms with Gasteiger partial charge < -0.3 is 15.5 Å². The van der Waals surface area contributed by atoms with Crippen LogP contribution in [0.3, 0.4) is 0 Å². The summed E-state index contributed by atoms with van der Waals surface area (Å²) in [5.41, 5.74) is 2.85. The lowest BCUT2D eigenvalue weighted by Gasteiger charge is -2.24. The third kappa shape index (κ3) is 2.80. The van der Waals surface area contributed by atoms with Crippen LogP contribution in [0.2, 0.25) is 0 Å². The molecular weight excluding hydrogens is 254 g/mol. The molecule has 0 aromatic heterocycles. The van der Waals surface area contributed by atoms with Crippen molar-refractivity contribution in [3.05, 3.63) is 28.8 Å². The maximum absolute atomic E-state index is 11.1. The molecule has 1 fully saturated rings. The first-order valence-corrected chi connectivity index (χ1v) is 7.00. The van der Waals surface area contributed by atoms with Gasteiger partial charge in [0.1, 0.15) is 5.75 Å². The molecule has 1 aromatic carbocycles. The lowest BCUT2D eigenvalue weighted by molar-refractivity contribution is -0.141. The average molecular weight is 277 g/mol. The minimum absolute atomic E-state index is 0.0535. The molecule has 1 aromatic rings. The van der Waals surface area contributed by atoms with Crippen molar-refractivity contribution in [2.75, 3.05) is 6.54 Å². The Bertz CT molecular complexity index is 531. The topological polar surface area (TPSA) is 69.6 Å². The quantitative estimate of drug-likeness (QED) is 0.777. The van der Waals surface area contributed by atoms with Gasteiger partial charge in [0.05, 0.1) is 5.92 Å². The predicted molar refractivity (Wildman–Crippen MR) is 78.0 cm³/mol. The number of carbonyl (C=O) groups is 1. The van der Waals surface area contributed by atoms with Crippen LogP contribution < -0.4 is 5.32 Å². The van der Waals surface area contributed by atoms with Gasteiger partial charge in [0.15, 0.2) is 0 Å². The fourth-order valence-electron chi connectivity index (χ4n) is 2.85. The van der Waals surface area contributed by atoms with E-state index in [1.54, 1.807) is 6.07 Å². The van der Waals surface area contributed by atoms with Crippen molar-refractivity contribution in [2.45, 2.75) is 45.6 Å². The van der Waals surface area contributed by atoms with E-state index in [1.165, 1.54) is 0 Å². The number of aromatic hydroxyl groups is 1. The number of aryl methyl sites for hydroxylation is 1. The van der Waals surface area contributed by atoms with Gasteiger partial charge in [0.25, 0.3) is 0 Å². The maximum atomic E-state index is 11.1. The summed E-state index contributed by atoms with van der Waals surface area (Å²) in [5.74, 6) is -0.759. The van der Waals surface area contributed by atoms with Gasteiger partial charge in [-0.2, -0.15) is 0 Å². The molecule has 0 spiro atoms. The summed E-state index contributed by atoms with van der Waals surface area (Å²) in [5, 5.41) is 22.5. The van der Waals surface area contributed by atoms with Crippen molar-refractivity contribution >= 4 is 5.97 Å². The van der Waals surface area contributed by atoms with Crippen LogP contribution in [0.5, 0.6) is 5.75 Å². The molecule has 2 unspecified atom stereocenters. The summed E-state index contributed by atoms with van der Waals surface area (Å²) in [6, 6.07) is 3.86. The molecule has 1 saturated heterocycles. The zero-order valence-electron chi connectivity index (χ0n) is 12.5. The Labute approximate surface area is 119 Å². The highest BCUT2D eigenvalue weighted by Gasteiger charge is 2.32. The summed E-state index contributed by atoms with van der Waals surface area (Å²) in [7, 11) is 0. The summed E-state index contributed by atoms with van der Waals surface area (Å²) < 4.78 is 0. The first-order chi connectivity index (χ1) is 9.20. The molecule has 3 N–H and O–H groups in total. The van der Waals surface area contributed by atoms with Crippen LogP contribution in [0.25, 0.3) is 0 Å². The molecule has 0 aliphatic carbocycles. The highest BCUT2D eigenvalue weighted by atomic mass is 16.4. The van der Waals surface area contributed by atoms with E-state index in [-0.39, 0.29) is 17.4 Å². The number of carboxylic acid groups (broad SMARTS) is 1. The van der Waals surface area contributed by atoms with Crippen molar-refractivity contribution in [1.82, 2.24) is 5.32 Å². The minimum atomic E-state index is -0.743. The lowest BCUT2D eigenvalue weighted by Crippen LogP contribution is -2.18. The number of rotatable bonds is 2. The van der Waals surface area contributed by atoms with E-state index in [4.69, 9.17) is 5.11 Å². The summed E-state index contributed by atoms with van der Waals surface area (Å²) in [6.07, 6.45) is 0.602. The van der Waals surface area contributed by atoms with E-state index in [2.05, 4.69) is 26.1 Å². The molecule has 20 heavy (non-hydrogen) atoms. The molecular formula is C16H23NO3. The third-order valence-corrected chi connectivity index (χ3v) is 4.05. The number of phenols is 1. The number of hydrogen-bond acceptors (Lipinski definition) is 3. The standard InChI is InChI=1S/C16H23NO3/c1-9-5-14(18)12(16(2,3)4)7-11(9)13-6-10(8-17-13)15(19)20/h5,7,10,13,17-18H,6,8H2,1-4H3,(H,19,20). The number of carboxylic acids is 1. The van der Waals surface area contributed by atoms with E-state index < -0.39 is 5.97 Å². The second-order valence-electron chi connectivity index (χ2n) is 6.71. The average Bonchev–Trinajstić information content (AvgIpc) is 2.76. The SMILES string of the molecule is Cc1cc(O)c(C(C)(C)C)cc1C1CC(C(=O)O)CN1. The van der Waals surface area contributed by atoms with Crippen LogP contribution >= 0.6 is 0 Å². The maximum Gasteiger partial charge on any atom is 0.307 e. The zero-order chi connectivity index (χ0) is 15.1. The number of hydrogen-bond donors (Lipinski definition) is 3. The van der Waals surface area contributed by atoms with Gasteiger partial charge in [-0.15, -0.1) is 0 Å². The molecule has 1 aliphatic rings. The van der Waals surface area contributed by atoms with Crippen LogP contribution in [0.1, 0.15) is 49.9 Å². The molecule has 1 heterocycles. The van der Waals surface area contributed by atoms with Crippen LogP contribution in [-0.2, 0) is 10.2 Å². The number of benzene rings is 1. The van der Waals surface area contributed by atoms with E-state index in [0.29, 0.717) is 18.7 Å². The van der Waals surface area contributed by atoms with Gasteiger partial charge in [-0.05, 0) is 47.6 Å². The molecule has 4 nitrogen and oxygen atoms in total. The van der Waals surface area contributed by atoms with Crippen molar-refractivity contribution in [3.63, 3.8) is 0 Å². The molecule has 110 valence electrons. The van der Waals surface area contributed by atoms with Crippen molar-refractivity contribution in [1.29, 1.82) is 0 Å². The Morgan fingerprint density at radius 3 is 2.50 bits per heavy atom. The third-order valence-electron chi connectivity index (χ3n) is 4.05. The molecule has 0 radical (unpaired) electrons. The van der Waals surface area contributed by atoms with Crippen LogP contribution in [0, 0.1) is 12.8 Å². The first kappa shape index (κ1) is 14.9. The molecule has 4 heteroatoms. The summed E-state index contributed by atoms with van der Waals surface area (Å²) >= 11 is 0. The monoisotopic (exact) mass is 277 g/mol.